The van der Waals surface area contributed by atoms with Crippen LogP contribution in [0.4, 0.5) is 17.5 Å². The number of anilines is 2. The zero-order valence-corrected chi connectivity index (χ0v) is 8.08. The molecule has 0 spiro atoms. The third-order valence-electron chi connectivity index (χ3n) is 1.62. The van der Waals surface area contributed by atoms with Crippen LogP contribution in [0.3, 0.4) is 0 Å². The zero-order chi connectivity index (χ0) is 12.1. The van der Waals surface area contributed by atoms with Gasteiger partial charge >= 0.3 is 11.7 Å². The van der Waals surface area contributed by atoms with E-state index in [9.17, 15) is 14.9 Å². The first-order chi connectivity index (χ1) is 7.50. The Kier molecular flexibility index (Phi) is 3.53. The maximum absolute atomic E-state index is 10.4. The Morgan fingerprint density at radius 3 is 2.88 bits per heavy atom. The van der Waals surface area contributed by atoms with Gasteiger partial charge in [-0.15, -0.1) is 0 Å². The van der Waals surface area contributed by atoms with E-state index in [0.29, 0.717) is 0 Å². The quantitative estimate of drug-likeness (QED) is 0.465. The normalized spacial score (nSPS) is 9.75. The lowest BCUT2D eigenvalue weighted by atomic mass is 10.4. The third kappa shape index (κ3) is 3.04. The third-order valence-corrected chi connectivity index (χ3v) is 1.62. The van der Waals surface area contributed by atoms with Crippen LogP contribution in [0.25, 0.3) is 0 Å². The molecule has 1 rings (SSSR count). The fourth-order valence-corrected chi connectivity index (χ4v) is 0.896. The predicted octanol–water partition coefficient (Wildman–Crippen LogP) is -0.146. The molecule has 0 amide bonds. The first kappa shape index (κ1) is 11.6. The predicted molar refractivity (Wildman–Crippen MR) is 53.8 cm³/mol. The Morgan fingerprint density at radius 2 is 2.38 bits per heavy atom. The largest absolute Gasteiger partial charge is 0.481 e. The minimum atomic E-state index is -0.970. The summed E-state index contributed by atoms with van der Waals surface area (Å²) < 4.78 is 0. The minimum Gasteiger partial charge on any atom is -0.481 e. The Morgan fingerprint density at radius 1 is 1.69 bits per heavy atom. The molecular weight excluding hydrogens is 218 g/mol. The molecule has 0 saturated carbocycles. The van der Waals surface area contributed by atoms with Crippen LogP contribution in [0, 0.1) is 10.1 Å². The Hall–Kier alpha value is -2.45. The highest BCUT2D eigenvalue weighted by molar-refractivity contribution is 5.67. The number of carbonyl (C=O) groups is 1. The lowest BCUT2D eigenvalue weighted by molar-refractivity contribution is -0.384. The van der Waals surface area contributed by atoms with Crippen molar-refractivity contribution in [1.82, 2.24) is 9.97 Å². The van der Waals surface area contributed by atoms with E-state index in [1.165, 1.54) is 0 Å². The second-order valence-corrected chi connectivity index (χ2v) is 2.79. The zero-order valence-electron chi connectivity index (χ0n) is 8.08. The van der Waals surface area contributed by atoms with Crippen molar-refractivity contribution < 1.29 is 14.8 Å². The number of nitrogens with zero attached hydrogens (tertiary/aromatic N) is 3. The van der Waals surface area contributed by atoms with Crippen LogP contribution in [-0.4, -0.2) is 32.5 Å². The van der Waals surface area contributed by atoms with Crippen molar-refractivity contribution in [2.45, 2.75) is 6.42 Å². The Balaban J connectivity index is 2.66. The molecule has 0 radical (unpaired) electrons. The molecular formula is C7H9N5O4. The number of nitrogens with two attached hydrogens (primary N) is 1. The van der Waals surface area contributed by atoms with Crippen LogP contribution < -0.4 is 11.1 Å². The van der Waals surface area contributed by atoms with Crippen molar-refractivity contribution in [3.63, 3.8) is 0 Å². The molecule has 0 aromatic carbocycles. The number of aromatic nitrogens is 2. The van der Waals surface area contributed by atoms with Crippen LogP contribution in [0.5, 0.6) is 0 Å². The summed E-state index contributed by atoms with van der Waals surface area (Å²) in [7, 11) is 0. The Labute approximate surface area is 89.5 Å². The monoisotopic (exact) mass is 227 g/mol. The number of hydrogen-bond acceptors (Lipinski definition) is 7. The smallest absolute Gasteiger partial charge is 0.329 e. The first-order valence-electron chi connectivity index (χ1n) is 4.23. The molecule has 0 aliphatic rings. The molecule has 0 aliphatic carbocycles. The summed E-state index contributed by atoms with van der Waals surface area (Å²) >= 11 is 0. The molecule has 1 aromatic rings. The van der Waals surface area contributed by atoms with E-state index >= 15 is 0 Å². The molecule has 0 aliphatic heterocycles. The summed E-state index contributed by atoms with van der Waals surface area (Å²) in [6.45, 7) is 0.118. The standard InChI is InChI=1S/C7H9N5O4/c8-6-4(12(15)16)3-10-7(11-6)9-2-1-5(13)14/h3H,1-2H2,(H,13,14)(H3,8,9,10,11). The number of carboxylic acids is 1. The number of carboxylic acid groups (broad SMARTS) is 1. The van der Waals surface area contributed by atoms with Gasteiger partial charge in [0.2, 0.25) is 11.8 Å². The van der Waals surface area contributed by atoms with E-state index in [2.05, 4.69) is 15.3 Å². The van der Waals surface area contributed by atoms with Crippen molar-refractivity contribution in [3.05, 3.63) is 16.3 Å². The topological polar surface area (TPSA) is 144 Å². The molecule has 0 atom stereocenters. The van der Waals surface area contributed by atoms with Gasteiger partial charge in [0.25, 0.3) is 0 Å². The summed E-state index contributed by atoms with van der Waals surface area (Å²) in [6, 6.07) is 0. The van der Waals surface area contributed by atoms with Gasteiger partial charge in [-0.1, -0.05) is 0 Å². The van der Waals surface area contributed by atoms with Crippen LogP contribution >= 0.6 is 0 Å². The summed E-state index contributed by atoms with van der Waals surface area (Å²) in [4.78, 5) is 27.1. The molecule has 0 fully saturated rings. The van der Waals surface area contributed by atoms with Gasteiger partial charge in [0, 0.05) is 6.54 Å². The van der Waals surface area contributed by atoms with Gasteiger partial charge < -0.3 is 16.2 Å². The number of aliphatic carboxylic acids is 1. The fourth-order valence-electron chi connectivity index (χ4n) is 0.896. The Bertz CT molecular complexity index is 421. The van der Waals surface area contributed by atoms with Crippen LogP contribution in [0.15, 0.2) is 6.20 Å². The second-order valence-electron chi connectivity index (χ2n) is 2.79. The van der Waals surface area contributed by atoms with Crippen LogP contribution in [0.1, 0.15) is 6.42 Å². The van der Waals surface area contributed by atoms with Gasteiger partial charge in [-0.05, 0) is 0 Å². The van der Waals surface area contributed by atoms with Gasteiger partial charge in [0.05, 0.1) is 11.3 Å². The average molecular weight is 227 g/mol. The molecule has 0 unspecified atom stereocenters. The highest BCUT2D eigenvalue weighted by Gasteiger charge is 2.13. The lowest BCUT2D eigenvalue weighted by Crippen LogP contribution is -2.11. The first-order valence-corrected chi connectivity index (χ1v) is 4.23. The van der Waals surface area contributed by atoms with Gasteiger partial charge in [-0.3, -0.25) is 14.9 Å². The number of hydrogen-bond donors (Lipinski definition) is 3. The molecule has 0 bridgehead atoms. The van der Waals surface area contributed by atoms with E-state index in [-0.39, 0.29) is 30.4 Å². The SMILES string of the molecule is Nc1nc(NCCC(=O)O)ncc1[N+](=O)[O-]. The van der Waals surface area contributed by atoms with Crippen molar-refractivity contribution in [2.24, 2.45) is 0 Å². The number of nitro groups is 1. The second kappa shape index (κ2) is 4.87. The van der Waals surface area contributed by atoms with Gasteiger partial charge in [0.1, 0.15) is 6.20 Å². The summed E-state index contributed by atoms with van der Waals surface area (Å²) in [6.07, 6.45) is 0.853. The maximum atomic E-state index is 10.4. The molecule has 16 heavy (non-hydrogen) atoms. The van der Waals surface area contributed by atoms with Gasteiger partial charge in [0.15, 0.2) is 0 Å². The highest BCUT2D eigenvalue weighted by atomic mass is 16.6. The molecule has 1 heterocycles. The van der Waals surface area contributed by atoms with Crippen molar-refractivity contribution >= 4 is 23.4 Å². The van der Waals surface area contributed by atoms with E-state index < -0.39 is 10.9 Å². The number of nitrogens with one attached hydrogen (secondary N) is 1. The van der Waals surface area contributed by atoms with E-state index in [1.54, 1.807) is 0 Å². The van der Waals surface area contributed by atoms with E-state index in [0.717, 1.165) is 6.20 Å². The molecule has 9 heteroatoms. The van der Waals surface area contributed by atoms with Crippen molar-refractivity contribution in [2.75, 3.05) is 17.6 Å². The molecule has 4 N–H and O–H groups in total. The van der Waals surface area contributed by atoms with Crippen LogP contribution in [-0.2, 0) is 4.79 Å². The summed E-state index contributed by atoms with van der Waals surface area (Å²) in [5.41, 5.74) is 4.92. The van der Waals surface area contributed by atoms with Crippen molar-refractivity contribution in [3.8, 4) is 0 Å². The number of rotatable bonds is 5. The van der Waals surface area contributed by atoms with E-state index in [4.69, 9.17) is 10.8 Å². The van der Waals surface area contributed by atoms with Gasteiger partial charge in [-0.25, -0.2) is 4.98 Å². The van der Waals surface area contributed by atoms with E-state index in [1.807, 2.05) is 0 Å². The fraction of sp³-hybridized carbons (Fsp3) is 0.286. The van der Waals surface area contributed by atoms with Crippen molar-refractivity contribution in [1.29, 1.82) is 0 Å². The maximum Gasteiger partial charge on any atom is 0.329 e. The number of nitrogen functional groups attached to an aromatic ring is 1. The minimum absolute atomic E-state index is 0.0596. The average Bonchev–Trinajstić information content (AvgIpc) is 2.16. The molecule has 9 nitrogen and oxygen atoms in total. The lowest BCUT2D eigenvalue weighted by Gasteiger charge is -2.02. The molecule has 0 saturated heterocycles. The van der Waals surface area contributed by atoms with Crippen LogP contribution in [0.2, 0.25) is 0 Å². The highest BCUT2D eigenvalue weighted by Crippen LogP contribution is 2.17. The molecule has 1 aromatic heterocycles. The van der Waals surface area contributed by atoms with Gasteiger partial charge in [-0.2, -0.15) is 4.98 Å². The summed E-state index contributed by atoms with van der Waals surface area (Å²) in [5.74, 6) is -1.18. The summed E-state index contributed by atoms with van der Waals surface area (Å²) in [5, 5.41) is 21.3. The molecule has 86 valence electrons.